The normalized spacial score (nSPS) is 21.3. The minimum atomic E-state index is -0.512. The summed E-state index contributed by atoms with van der Waals surface area (Å²) in [6, 6.07) is 6.63. The lowest BCUT2D eigenvalue weighted by Gasteiger charge is -2.30. The van der Waals surface area contributed by atoms with Crippen LogP contribution in [0.5, 0.6) is 11.5 Å². The average molecular weight is 396 g/mol. The molecule has 29 heavy (non-hydrogen) atoms. The monoisotopic (exact) mass is 396 g/mol. The molecule has 1 aliphatic carbocycles. The molecule has 1 atom stereocenters. The molecule has 2 aromatic carbocycles. The van der Waals surface area contributed by atoms with E-state index < -0.39 is 6.04 Å². The van der Waals surface area contributed by atoms with Gasteiger partial charge in [0.2, 0.25) is 5.91 Å². The van der Waals surface area contributed by atoms with Crippen LogP contribution in [0.2, 0.25) is 0 Å². The summed E-state index contributed by atoms with van der Waals surface area (Å²) in [5.74, 6) is 1.05. The summed E-state index contributed by atoms with van der Waals surface area (Å²) in [6.45, 7) is 5.84. The van der Waals surface area contributed by atoms with Gasteiger partial charge in [-0.1, -0.05) is 19.9 Å². The lowest BCUT2D eigenvalue weighted by Crippen LogP contribution is -2.38. The summed E-state index contributed by atoms with van der Waals surface area (Å²) in [7, 11) is 0. The maximum Gasteiger partial charge on any atom is 0.246 e. The Morgan fingerprint density at radius 3 is 2.90 bits per heavy atom. The molecule has 5 nitrogen and oxygen atoms in total. The molecule has 152 valence electrons. The highest BCUT2D eigenvalue weighted by Gasteiger charge is 2.34. The number of hydrogen-bond acceptors (Lipinski definition) is 4. The van der Waals surface area contributed by atoms with Gasteiger partial charge in [0.05, 0.1) is 0 Å². The molecule has 6 heteroatoms. The van der Waals surface area contributed by atoms with Gasteiger partial charge in [0.15, 0.2) is 11.5 Å². The second-order valence-corrected chi connectivity index (χ2v) is 8.66. The van der Waals surface area contributed by atoms with Crippen molar-refractivity contribution in [3.63, 3.8) is 0 Å². The van der Waals surface area contributed by atoms with Crippen LogP contribution < -0.4 is 20.1 Å². The van der Waals surface area contributed by atoms with Gasteiger partial charge in [-0.15, -0.1) is 0 Å². The van der Waals surface area contributed by atoms with Gasteiger partial charge in [-0.25, -0.2) is 4.39 Å². The van der Waals surface area contributed by atoms with Crippen LogP contribution in [0.25, 0.3) is 0 Å². The van der Waals surface area contributed by atoms with Gasteiger partial charge in [-0.3, -0.25) is 4.79 Å². The van der Waals surface area contributed by atoms with Crippen LogP contribution in [0.1, 0.15) is 48.6 Å². The van der Waals surface area contributed by atoms with Crippen LogP contribution in [-0.2, 0) is 23.1 Å². The zero-order valence-corrected chi connectivity index (χ0v) is 16.7. The first kappa shape index (κ1) is 18.4. The largest absolute Gasteiger partial charge is 0.486 e. The predicted molar refractivity (Wildman–Crippen MR) is 108 cm³/mol. The molecule has 2 aromatic rings. The summed E-state index contributed by atoms with van der Waals surface area (Å²) < 4.78 is 26.3. The van der Waals surface area contributed by atoms with Gasteiger partial charge in [0, 0.05) is 17.8 Å². The molecule has 0 saturated heterocycles. The van der Waals surface area contributed by atoms with E-state index in [0.717, 1.165) is 53.0 Å². The molecular formula is C23H25FN2O3. The standard InChI is InChI=1S/C23H25FN2O3/c1-23(2)7-5-13-11-14(12-17(24)19(13)23)26-22(27)20-15-3-4-18-21(29-10-9-28-18)16(15)6-8-25-20/h3-4,11-12,20,25H,5-10H2,1-2H3,(H,26,27)/t20-/m1/s1. The van der Waals surface area contributed by atoms with Gasteiger partial charge in [-0.05, 0) is 59.6 Å². The van der Waals surface area contributed by atoms with E-state index in [-0.39, 0.29) is 17.1 Å². The maximum absolute atomic E-state index is 14.8. The molecule has 2 heterocycles. The topological polar surface area (TPSA) is 59.6 Å². The van der Waals surface area contributed by atoms with Gasteiger partial charge in [0.1, 0.15) is 25.1 Å². The first-order chi connectivity index (χ1) is 13.9. The van der Waals surface area contributed by atoms with E-state index >= 15 is 0 Å². The number of benzene rings is 2. The molecule has 3 aliphatic rings. The Morgan fingerprint density at radius 1 is 1.21 bits per heavy atom. The number of amides is 1. The van der Waals surface area contributed by atoms with E-state index in [2.05, 4.69) is 24.5 Å². The third-order valence-electron chi connectivity index (χ3n) is 6.28. The summed E-state index contributed by atoms with van der Waals surface area (Å²) in [5, 5.41) is 6.20. The van der Waals surface area contributed by atoms with E-state index in [1.54, 1.807) is 0 Å². The van der Waals surface area contributed by atoms with Crippen LogP contribution >= 0.6 is 0 Å². The zero-order chi connectivity index (χ0) is 20.2. The van der Waals surface area contributed by atoms with Crippen LogP contribution in [-0.4, -0.2) is 25.7 Å². The third-order valence-corrected chi connectivity index (χ3v) is 6.28. The third kappa shape index (κ3) is 3.06. The highest BCUT2D eigenvalue weighted by atomic mass is 19.1. The molecule has 0 saturated carbocycles. The van der Waals surface area contributed by atoms with Crippen LogP contribution in [0.15, 0.2) is 24.3 Å². The van der Waals surface area contributed by atoms with Crippen molar-refractivity contribution < 1.29 is 18.7 Å². The van der Waals surface area contributed by atoms with E-state index in [1.807, 2.05) is 18.2 Å². The molecule has 0 aromatic heterocycles. The zero-order valence-electron chi connectivity index (χ0n) is 16.7. The van der Waals surface area contributed by atoms with E-state index in [0.29, 0.717) is 25.4 Å². The quantitative estimate of drug-likeness (QED) is 0.814. The van der Waals surface area contributed by atoms with Crippen molar-refractivity contribution in [2.24, 2.45) is 0 Å². The molecule has 2 N–H and O–H groups in total. The highest BCUT2D eigenvalue weighted by Crippen LogP contribution is 2.42. The Bertz CT molecular complexity index is 1000. The molecule has 1 amide bonds. The molecule has 0 bridgehead atoms. The minimum Gasteiger partial charge on any atom is -0.486 e. The number of anilines is 1. The van der Waals surface area contributed by atoms with Crippen LogP contribution in [0, 0.1) is 5.82 Å². The summed E-state index contributed by atoms with van der Waals surface area (Å²) >= 11 is 0. The molecule has 2 aliphatic heterocycles. The molecule has 5 rings (SSSR count). The van der Waals surface area contributed by atoms with Crippen molar-refractivity contribution in [3.05, 3.63) is 52.3 Å². The summed E-state index contributed by atoms with van der Waals surface area (Å²) in [6.07, 6.45) is 2.52. The molecule has 0 unspecified atom stereocenters. The minimum absolute atomic E-state index is 0.160. The van der Waals surface area contributed by atoms with Crippen molar-refractivity contribution in [3.8, 4) is 11.5 Å². The van der Waals surface area contributed by atoms with Crippen molar-refractivity contribution in [2.75, 3.05) is 25.1 Å². The van der Waals surface area contributed by atoms with Crippen LogP contribution in [0.4, 0.5) is 10.1 Å². The Balaban J connectivity index is 1.43. The average Bonchev–Trinajstić information content (AvgIpc) is 3.02. The van der Waals surface area contributed by atoms with E-state index in [9.17, 15) is 9.18 Å². The Morgan fingerprint density at radius 2 is 2.03 bits per heavy atom. The van der Waals surface area contributed by atoms with Crippen molar-refractivity contribution >= 4 is 11.6 Å². The van der Waals surface area contributed by atoms with Crippen molar-refractivity contribution in [2.45, 2.75) is 44.6 Å². The van der Waals surface area contributed by atoms with Crippen molar-refractivity contribution in [1.82, 2.24) is 5.32 Å². The number of hydrogen-bond donors (Lipinski definition) is 2. The van der Waals surface area contributed by atoms with E-state index in [1.165, 1.54) is 6.07 Å². The number of fused-ring (bicyclic) bond motifs is 4. The Labute approximate surface area is 169 Å². The second kappa shape index (κ2) is 6.73. The molecule has 0 spiro atoms. The first-order valence-electron chi connectivity index (χ1n) is 10.2. The first-order valence-corrected chi connectivity index (χ1v) is 10.2. The number of carbonyl (C=O) groups excluding carboxylic acids is 1. The number of aryl methyl sites for hydroxylation is 1. The smallest absolute Gasteiger partial charge is 0.246 e. The summed E-state index contributed by atoms with van der Waals surface area (Å²) in [5.41, 5.74) is 4.02. The second-order valence-electron chi connectivity index (χ2n) is 8.66. The van der Waals surface area contributed by atoms with Gasteiger partial charge in [-0.2, -0.15) is 0 Å². The number of carbonyl (C=O) groups is 1. The van der Waals surface area contributed by atoms with Gasteiger partial charge >= 0.3 is 0 Å². The van der Waals surface area contributed by atoms with E-state index in [4.69, 9.17) is 9.47 Å². The number of halogens is 1. The number of rotatable bonds is 2. The fourth-order valence-electron chi connectivity index (χ4n) is 4.88. The number of ether oxygens (including phenoxy) is 2. The lowest BCUT2D eigenvalue weighted by molar-refractivity contribution is -0.118. The number of nitrogens with one attached hydrogen (secondary N) is 2. The highest BCUT2D eigenvalue weighted by molar-refractivity contribution is 5.96. The maximum atomic E-state index is 14.8. The molecule has 0 fully saturated rings. The molecular weight excluding hydrogens is 371 g/mol. The van der Waals surface area contributed by atoms with Crippen molar-refractivity contribution in [1.29, 1.82) is 0 Å². The SMILES string of the molecule is CC1(C)CCc2cc(NC(=O)[C@@H]3NCCc4c3ccc3c4OCCO3)cc(F)c21. The van der Waals surface area contributed by atoms with Gasteiger partial charge in [0.25, 0.3) is 0 Å². The predicted octanol–water partition coefficient (Wildman–Crippen LogP) is 3.65. The van der Waals surface area contributed by atoms with Crippen LogP contribution in [0.3, 0.4) is 0 Å². The molecule has 0 radical (unpaired) electrons. The fourth-order valence-corrected chi connectivity index (χ4v) is 4.88. The van der Waals surface area contributed by atoms with Gasteiger partial charge < -0.3 is 20.1 Å². The Kier molecular flexibility index (Phi) is 4.28. The summed E-state index contributed by atoms with van der Waals surface area (Å²) in [4.78, 5) is 13.1. The fraction of sp³-hybridized carbons (Fsp3) is 0.435. The Hall–Kier alpha value is -2.60. The lowest BCUT2D eigenvalue weighted by atomic mass is 9.86.